The van der Waals surface area contributed by atoms with Gasteiger partial charge in [-0.25, -0.2) is 4.79 Å². The molecule has 1 amide bonds. The Morgan fingerprint density at radius 1 is 0.963 bits per heavy atom. The fraction of sp³-hybridized carbons (Fsp3) is 0.364. The van der Waals surface area contributed by atoms with Crippen LogP contribution in [0.15, 0.2) is 54.6 Å². The van der Waals surface area contributed by atoms with E-state index < -0.39 is 6.29 Å². The molecule has 1 aliphatic carbocycles. The maximum Gasteiger partial charge on any atom is 0.416 e. The van der Waals surface area contributed by atoms with Crippen molar-refractivity contribution in [1.29, 1.82) is 0 Å². The maximum absolute atomic E-state index is 12.2. The Morgan fingerprint density at radius 2 is 1.67 bits per heavy atom. The number of ether oxygens (including phenoxy) is 2. The summed E-state index contributed by atoms with van der Waals surface area (Å²) >= 11 is 0. The molecule has 1 atom stereocenters. The second kappa shape index (κ2) is 7.92. The smallest absolute Gasteiger partial charge is 0.416 e. The van der Waals surface area contributed by atoms with Gasteiger partial charge in [-0.1, -0.05) is 42.5 Å². The number of ketones is 1. The van der Waals surface area contributed by atoms with Crippen LogP contribution in [0.3, 0.4) is 0 Å². The van der Waals surface area contributed by atoms with E-state index in [1.807, 2.05) is 42.5 Å². The van der Waals surface area contributed by atoms with Gasteiger partial charge in [-0.15, -0.1) is 0 Å². The molecule has 5 nitrogen and oxygen atoms in total. The number of nitrogens with zero attached hydrogens (tertiary/aromatic N) is 1. The van der Waals surface area contributed by atoms with Crippen molar-refractivity contribution in [2.24, 2.45) is 0 Å². The van der Waals surface area contributed by atoms with Crippen LogP contribution in [0.1, 0.15) is 42.7 Å². The zero-order chi connectivity index (χ0) is 18.6. The summed E-state index contributed by atoms with van der Waals surface area (Å²) in [7, 11) is 0. The van der Waals surface area contributed by atoms with Crippen LogP contribution < -0.4 is 4.90 Å². The van der Waals surface area contributed by atoms with E-state index in [4.69, 9.17) is 9.47 Å². The topological polar surface area (TPSA) is 55.8 Å². The molecule has 5 heteroatoms. The Morgan fingerprint density at radius 3 is 2.37 bits per heavy atom. The number of anilines is 1. The van der Waals surface area contributed by atoms with Gasteiger partial charge in [0.2, 0.25) is 6.29 Å². The van der Waals surface area contributed by atoms with Crippen molar-refractivity contribution in [2.75, 3.05) is 11.4 Å². The van der Waals surface area contributed by atoms with Gasteiger partial charge in [0.15, 0.2) is 0 Å². The molecule has 2 aliphatic rings. The molecule has 0 N–H and O–H groups in total. The minimum atomic E-state index is -0.568. The van der Waals surface area contributed by atoms with Crippen molar-refractivity contribution >= 4 is 17.6 Å². The average Bonchev–Trinajstić information content (AvgIpc) is 3.09. The van der Waals surface area contributed by atoms with Gasteiger partial charge in [0, 0.05) is 18.5 Å². The number of rotatable bonds is 5. The number of Topliss-reactive ketones (excluding diaryl/α,β-unsaturated/α-hetero) is 1. The van der Waals surface area contributed by atoms with Crippen molar-refractivity contribution in [3.63, 3.8) is 0 Å². The third-order valence-electron chi connectivity index (χ3n) is 5.28. The Kier molecular flexibility index (Phi) is 5.21. The number of amides is 1. The highest BCUT2D eigenvalue weighted by atomic mass is 16.7. The lowest BCUT2D eigenvalue weighted by atomic mass is 9.83. The quantitative estimate of drug-likeness (QED) is 0.787. The molecule has 0 radical (unpaired) electrons. The largest absolute Gasteiger partial charge is 0.417 e. The van der Waals surface area contributed by atoms with Crippen LogP contribution in [0.4, 0.5) is 10.5 Å². The number of carbonyl (C=O) groups is 2. The van der Waals surface area contributed by atoms with E-state index in [1.54, 1.807) is 4.90 Å². The van der Waals surface area contributed by atoms with Gasteiger partial charge in [-0.2, -0.15) is 0 Å². The highest BCUT2D eigenvalue weighted by Crippen LogP contribution is 2.32. The zero-order valence-electron chi connectivity index (χ0n) is 15.2. The molecule has 2 aromatic carbocycles. The van der Waals surface area contributed by atoms with Crippen molar-refractivity contribution in [3.05, 3.63) is 65.7 Å². The summed E-state index contributed by atoms with van der Waals surface area (Å²) in [6.45, 7) is 0.787. The first-order valence-electron chi connectivity index (χ1n) is 9.44. The molecule has 1 saturated carbocycles. The van der Waals surface area contributed by atoms with Gasteiger partial charge in [-0.3, -0.25) is 9.69 Å². The van der Waals surface area contributed by atoms with E-state index >= 15 is 0 Å². The number of carbonyl (C=O) groups excluding carboxylic acids is 2. The zero-order valence-corrected chi connectivity index (χ0v) is 15.2. The fourth-order valence-electron chi connectivity index (χ4n) is 3.70. The van der Waals surface area contributed by atoms with Crippen LogP contribution in [0.25, 0.3) is 0 Å². The third kappa shape index (κ3) is 4.19. The Bertz CT molecular complexity index is 793. The molecule has 1 aliphatic heterocycles. The summed E-state index contributed by atoms with van der Waals surface area (Å²) in [6.07, 6.45) is 2.22. The Balaban J connectivity index is 1.35. The summed E-state index contributed by atoms with van der Waals surface area (Å²) in [5.74, 6) is 0.800. The Hall–Kier alpha value is -2.66. The molecular weight excluding hydrogens is 342 g/mol. The lowest BCUT2D eigenvalue weighted by Crippen LogP contribution is -2.25. The molecule has 0 aromatic heterocycles. The number of benzene rings is 2. The SMILES string of the molecule is O=C1CCC(c2ccc(N3CC(OCc4ccccc4)OC3=O)cc2)CC1. The van der Waals surface area contributed by atoms with Crippen molar-refractivity contribution in [1.82, 2.24) is 0 Å². The molecule has 2 fully saturated rings. The van der Waals surface area contributed by atoms with Crippen molar-refractivity contribution < 1.29 is 19.1 Å². The molecule has 4 rings (SSSR count). The van der Waals surface area contributed by atoms with E-state index in [-0.39, 0.29) is 6.09 Å². The van der Waals surface area contributed by atoms with Crippen LogP contribution in [0.2, 0.25) is 0 Å². The maximum atomic E-state index is 12.2. The lowest BCUT2D eigenvalue weighted by molar-refractivity contribution is -0.120. The van der Waals surface area contributed by atoms with E-state index in [0.717, 1.165) is 24.1 Å². The van der Waals surface area contributed by atoms with Crippen LogP contribution >= 0.6 is 0 Å². The van der Waals surface area contributed by atoms with Gasteiger partial charge >= 0.3 is 6.09 Å². The highest BCUT2D eigenvalue weighted by molar-refractivity contribution is 5.89. The molecule has 1 saturated heterocycles. The monoisotopic (exact) mass is 365 g/mol. The predicted molar refractivity (Wildman–Crippen MR) is 102 cm³/mol. The summed E-state index contributed by atoms with van der Waals surface area (Å²) < 4.78 is 11.1. The van der Waals surface area contributed by atoms with Crippen molar-refractivity contribution in [3.8, 4) is 0 Å². The fourth-order valence-corrected chi connectivity index (χ4v) is 3.70. The lowest BCUT2D eigenvalue weighted by Gasteiger charge is -2.22. The van der Waals surface area contributed by atoms with E-state index in [0.29, 0.717) is 37.7 Å². The van der Waals surface area contributed by atoms with Gasteiger partial charge < -0.3 is 9.47 Å². The first kappa shape index (κ1) is 17.7. The number of cyclic esters (lactones) is 1. The molecule has 1 heterocycles. The second-order valence-electron chi connectivity index (χ2n) is 7.13. The second-order valence-corrected chi connectivity index (χ2v) is 7.13. The summed E-state index contributed by atoms with van der Waals surface area (Å²) in [6, 6.07) is 17.8. The summed E-state index contributed by atoms with van der Waals surface area (Å²) in [5.41, 5.74) is 3.08. The highest BCUT2D eigenvalue weighted by Gasteiger charge is 2.33. The van der Waals surface area contributed by atoms with Crippen LogP contribution in [0.5, 0.6) is 0 Å². The molecule has 27 heavy (non-hydrogen) atoms. The van der Waals surface area contributed by atoms with Crippen LogP contribution in [-0.4, -0.2) is 24.7 Å². The third-order valence-corrected chi connectivity index (χ3v) is 5.28. The first-order chi connectivity index (χ1) is 13.2. The first-order valence-corrected chi connectivity index (χ1v) is 9.44. The molecular formula is C22H23NO4. The van der Waals surface area contributed by atoms with Crippen molar-refractivity contribution in [2.45, 2.75) is 44.5 Å². The summed E-state index contributed by atoms with van der Waals surface area (Å²) in [5, 5.41) is 0. The van der Waals surface area contributed by atoms with E-state index in [9.17, 15) is 9.59 Å². The van der Waals surface area contributed by atoms with Crippen LogP contribution in [-0.2, 0) is 20.9 Å². The van der Waals surface area contributed by atoms with Gasteiger partial charge in [0.05, 0.1) is 13.2 Å². The van der Waals surface area contributed by atoms with E-state index in [2.05, 4.69) is 12.1 Å². The normalized spacial score (nSPS) is 20.7. The minimum Gasteiger partial charge on any atom is -0.417 e. The number of hydrogen-bond acceptors (Lipinski definition) is 4. The Labute approximate surface area is 158 Å². The van der Waals surface area contributed by atoms with Gasteiger partial charge in [-0.05, 0) is 42.0 Å². The molecule has 140 valence electrons. The van der Waals surface area contributed by atoms with Crippen LogP contribution in [0, 0.1) is 0 Å². The standard InChI is InChI=1S/C22H23NO4/c24-20-12-8-18(9-13-20)17-6-10-19(11-7-17)23-14-21(27-22(23)25)26-15-16-4-2-1-3-5-16/h1-7,10-11,18,21H,8-9,12-15H2. The predicted octanol–water partition coefficient (Wildman–Crippen LogP) is 4.41. The summed E-state index contributed by atoms with van der Waals surface area (Å²) in [4.78, 5) is 25.2. The molecule has 0 bridgehead atoms. The van der Waals surface area contributed by atoms with Gasteiger partial charge in [0.1, 0.15) is 5.78 Å². The molecule has 2 aromatic rings. The van der Waals surface area contributed by atoms with Gasteiger partial charge in [0.25, 0.3) is 0 Å². The van der Waals surface area contributed by atoms with E-state index in [1.165, 1.54) is 5.56 Å². The minimum absolute atomic E-state index is 0.365. The average molecular weight is 365 g/mol. The molecule has 0 spiro atoms. The number of hydrogen-bond donors (Lipinski definition) is 0. The molecule has 1 unspecified atom stereocenters.